The van der Waals surface area contributed by atoms with Gasteiger partial charge in [-0.15, -0.1) is 0 Å². The summed E-state index contributed by atoms with van der Waals surface area (Å²) in [6, 6.07) is 2.98. The number of rotatable bonds is 3. The Morgan fingerprint density at radius 2 is 2.00 bits per heavy atom. The highest BCUT2D eigenvalue weighted by atomic mass is 19.1. The lowest BCUT2D eigenvalue weighted by atomic mass is 9.85. The molecule has 0 spiro atoms. The maximum absolute atomic E-state index is 13.5. The van der Waals surface area contributed by atoms with Crippen molar-refractivity contribution >= 4 is 0 Å². The average molecular weight is 214 g/mol. The molecule has 1 aromatic carbocycles. The minimum absolute atomic E-state index is 0.00927. The van der Waals surface area contributed by atoms with Crippen molar-refractivity contribution in [2.75, 3.05) is 13.7 Å². The molecule has 3 nitrogen and oxygen atoms in total. The Morgan fingerprint density at radius 1 is 1.40 bits per heavy atom. The number of halogens is 1. The van der Waals surface area contributed by atoms with Gasteiger partial charge in [-0.05, 0) is 6.07 Å². The van der Waals surface area contributed by atoms with E-state index in [4.69, 9.17) is 9.84 Å². The number of hydrogen-bond acceptors (Lipinski definition) is 3. The Balaban J connectivity index is 3.29. The van der Waals surface area contributed by atoms with Gasteiger partial charge in [0.05, 0.1) is 13.7 Å². The summed E-state index contributed by atoms with van der Waals surface area (Å²) < 4.78 is 18.2. The second kappa shape index (κ2) is 4.06. The molecule has 0 aliphatic rings. The highest BCUT2D eigenvalue weighted by Crippen LogP contribution is 2.36. The highest BCUT2D eigenvalue weighted by Gasteiger charge is 2.26. The lowest BCUT2D eigenvalue weighted by molar-refractivity contribution is 0.214. The second-order valence-electron chi connectivity index (χ2n) is 4.02. The van der Waals surface area contributed by atoms with Gasteiger partial charge in [0.15, 0.2) is 11.5 Å². The zero-order chi connectivity index (χ0) is 11.6. The molecule has 0 saturated heterocycles. The van der Waals surface area contributed by atoms with Crippen molar-refractivity contribution in [2.45, 2.75) is 19.3 Å². The Bertz CT molecular complexity index is 361. The fourth-order valence-corrected chi connectivity index (χ4v) is 1.33. The van der Waals surface area contributed by atoms with Crippen molar-refractivity contribution in [1.29, 1.82) is 0 Å². The summed E-state index contributed by atoms with van der Waals surface area (Å²) in [5, 5.41) is 18.7. The van der Waals surface area contributed by atoms with Crippen LogP contribution in [0.1, 0.15) is 19.4 Å². The maximum atomic E-state index is 13.5. The van der Waals surface area contributed by atoms with E-state index < -0.39 is 17.0 Å². The fraction of sp³-hybridized carbons (Fsp3) is 0.455. The van der Waals surface area contributed by atoms with Gasteiger partial charge in [-0.2, -0.15) is 4.39 Å². The van der Waals surface area contributed by atoms with Gasteiger partial charge in [0.25, 0.3) is 0 Å². The van der Waals surface area contributed by atoms with Crippen LogP contribution in [0.15, 0.2) is 12.1 Å². The van der Waals surface area contributed by atoms with E-state index in [2.05, 4.69) is 0 Å². The number of aliphatic hydroxyl groups excluding tert-OH is 1. The largest absolute Gasteiger partial charge is 0.505 e. The van der Waals surface area contributed by atoms with Crippen LogP contribution in [0, 0.1) is 5.82 Å². The molecule has 1 aromatic rings. The number of methoxy groups -OCH3 is 1. The molecular formula is C11H15FO3. The van der Waals surface area contributed by atoms with E-state index in [1.807, 2.05) is 0 Å². The van der Waals surface area contributed by atoms with E-state index in [-0.39, 0.29) is 12.4 Å². The molecule has 4 heteroatoms. The van der Waals surface area contributed by atoms with Gasteiger partial charge in [0.2, 0.25) is 5.82 Å². The molecule has 0 fully saturated rings. The summed E-state index contributed by atoms with van der Waals surface area (Å²) in [4.78, 5) is 0. The van der Waals surface area contributed by atoms with Gasteiger partial charge in [-0.25, -0.2) is 0 Å². The molecule has 0 unspecified atom stereocenters. The summed E-state index contributed by atoms with van der Waals surface area (Å²) in [6.45, 7) is 3.26. The van der Waals surface area contributed by atoms with Gasteiger partial charge in [0, 0.05) is 11.0 Å². The molecule has 84 valence electrons. The van der Waals surface area contributed by atoms with Crippen molar-refractivity contribution in [3.05, 3.63) is 23.5 Å². The molecule has 0 atom stereocenters. The molecule has 0 radical (unpaired) electrons. The Morgan fingerprint density at radius 3 is 2.47 bits per heavy atom. The highest BCUT2D eigenvalue weighted by molar-refractivity contribution is 5.45. The summed E-state index contributed by atoms with van der Waals surface area (Å²) in [6.07, 6.45) is 0. The molecule has 0 aliphatic carbocycles. The van der Waals surface area contributed by atoms with Crippen LogP contribution in [-0.2, 0) is 5.41 Å². The van der Waals surface area contributed by atoms with Crippen LogP contribution in [0.2, 0.25) is 0 Å². The monoisotopic (exact) mass is 214 g/mol. The van der Waals surface area contributed by atoms with Crippen LogP contribution >= 0.6 is 0 Å². The van der Waals surface area contributed by atoms with E-state index in [0.29, 0.717) is 5.56 Å². The Labute approximate surface area is 88.1 Å². The summed E-state index contributed by atoms with van der Waals surface area (Å²) in [5.41, 5.74) is -0.319. The molecule has 0 aliphatic heterocycles. The quantitative estimate of drug-likeness (QED) is 0.806. The number of hydrogen-bond donors (Lipinski definition) is 2. The van der Waals surface area contributed by atoms with Gasteiger partial charge in [-0.3, -0.25) is 0 Å². The molecule has 0 heterocycles. The predicted molar refractivity (Wildman–Crippen MR) is 54.7 cm³/mol. The molecule has 0 saturated carbocycles. The first-order chi connectivity index (χ1) is 6.94. The molecule has 15 heavy (non-hydrogen) atoms. The summed E-state index contributed by atoms with van der Waals surface area (Å²) in [7, 11) is 1.33. The van der Waals surface area contributed by atoms with Crippen molar-refractivity contribution in [3.8, 4) is 11.5 Å². The van der Waals surface area contributed by atoms with Gasteiger partial charge in [0.1, 0.15) is 0 Å². The van der Waals surface area contributed by atoms with Crippen molar-refractivity contribution in [3.63, 3.8) is 0 Å². The SMILES string of the molecule is COc1ccc(C(C)(C)CO)c(O)c1F. The number of phenols is 1. The third-order valence-corrected chi connectivity index (χ3v) is 2.43. The predicted octanol–water partition coefficient (Wildman–Crippen LogP) is 1.81. The van der Waals surface area contributed by atoms with E-state index >= 15 is 0 Å². The Kier molecular flexibility index (Phi) is 3.19. The summed E-state index contributed by atoms with van der Waals surface area (Å²) >= 11 is 0. The van der Waals surface area contributed by atoms with Crippen LogP contribution in [0.5, 0.6) is 11.5 Å². The normalized spacial score (nSPS) is 11.5. The van der Waals surface area contributed by atoms with Crippen LogP contribution in [0.3, 0.4) is 0 Å². The van der Waals surface area contributed by atoms with Crippen LogP contribution in [-0.4, -0.2) is 23.9 Å². The van der Waals surface area contributed by atoms with Crippen molar-refractivity contribution in [1.82, 2.24) is 0 Å². The third-order valence-electron chi connectivity index (χ3n) is 2.43. The summed E-state index contributed by atoms with van der Waals surface area (Å²) in [5.74, 6) is -1.27. The van der Waals surface area contributed by atoms with Crippen molar-refractivity contribution < 1.29 is 19.3 Å². The first kappa shape index (κ1) is 11.8. The maximum Gasteiger partial charge on any atom is 0.206 e. The van der Waals surface area contributed by atoms with E-state index in [9.17, 15) is 9.50 Å². The molecule has 2 N–H and O–H groups in total. The first-order valence-electron chi connectivity index (χ1n) is 4.61. The zero-order valence-corrected chi connectivity index (χ0v) is 9.04. The first-order valence-corrected chi connectivity index (χ1v) is 4.61. The second-order valence-corrected chi connectivity index (χ2v) is 4.02. The topological polar surface area (TPSA) is 49.7 Å². The lowest BCUT2D eigenvalue weighted by Crippen LogP contribution is -2.22. The van der Waals surface area contributed by atoms with Gasteiger partial charge < -0.3 is 14.9 Å². The lowest BCUT2D eigenvalue weighted by Gasteiger charge is -2.23. The van der Waals surface area contributed by atoms with E-state index in [1.165, 1.54) is 13.2 Å². The molecular weight excluding hydrogens is 199 g/mol. The van der Waals surface area contributed by atoms with Crippen LogP contribution in [0.25, 0.3) is 0 Å². The van der Waals surface area contributed by atoms with Gasteiger partial charge >= 0.3 is 0 Å². The molecule has 0 bridgehead atoms. The number of aromatic hydroxyl groups is 1. The van der Waals surface area contributed by atoms with Crippen molar-refractivity contribution in [2.24, 2.45) is 0 Å². The van der Waals surface area contributed by atoms with Gasteiger partial charge in [-0.1, -0.05) is 19.9 Å². The number of aliphatic hydroxyl groups is 1. The van der Waals surface area contributed by atoms with Crippen LogP contribution < -0.4 is 4.74 Å². The van der Waals surface area contributed by atoms with E-state index in [1.54, 1.807) is 19.9 Å². The number of benzene rings is 1. The standard InChI is InChI=1S/C11H15FO3/c1-11(2,6-13)7-4-5-8(15-3)9(12)10(7)14/h4-5,13-14H,6H2,1-3H3. The number of ether oxygens (including phenoxy) is 1. The van der Waals surface area contributed by atoms with Crippen LogP contribution in [0.4, 0.5) is 4.39 Å². The molecule has 1 rings (SSSR count). The minimum atomic E-state index is -0.795. The average Bonchev–Trinajstić information content (AvgIpc) is 2.21. The number of phenolic OH excluding ortho intramolecular Hbond substituents is 1. The smallest absolute Gasteiger partial charge is 0.206 e. The zero-order valence-electron chi connectivity index (χ0n) is 9.04. The fourth-order valence-electron chi connectivity index (χ4n) is 1.33. The Hall–Kier alpha value is -1.29. The van der Waals surface area contributed by atoms with E-state index in [0.717, 1.165) is 0 Å². The third kappa shape index (κ3) is 2.04. The molecule has 0 aromatic heterocycles. The molecule has 0 amide bonds. The minimum Gasteiger partial charge on any atom is -0.505 e.